The van der Waals surface area contributed by atoms with Gasteiger partial charge in [-0.3, -0.25) is 0 Å². The minimum atomic E-state index is -3.70. The number of benzene rings is 1. The SMILES string of the molecule is O=S1(=O)CCC(CNS(=O)(=O)c2ccc3c(c2)OCCO3)C1. The summed E-state index contributed by atoms with van der Waals surface area (Å²) < 4.78 is 60.5. The number of hydrogen-bond donors (Lipinski definition) is 1. The molecule has 1 unspecified atom stereocenters. The fraction of sp³-hybridized carbons (Fsp3) is 0.538. The van der Waals surface area contributed by atoms with Crippen molar-refractivity contribution >= 4 is 19.9 Å². The first kappa shape index (κ1) is 15.6. The lowest BCUT2D eigenvalue weighted by Crippen LogP contribution is -2.30. The van der Waals surface area contributed by atoms with Crippen LogP contribution in [-0.2, 0) is 19.9 Å². The molecule has 1 saturated heterocycles. The topological polar surface area (TPSA) is 98.8 Å². The van der Waals surface area contributed by atoms with Crippen LogP contribution in [0, 0.1) is 5.92 Å². The van der Waals surface area contributed by atoms with E-state index < -0.39 is 19.9 Å². The van der Waals surface area contributed by atoms with E-state index in [1.54, 1.807) is 6.07 Å². The summed E-state index contributed by atoms with van der Waals surface area (Å²) in [5.41, 5.74) is 0. The van der Waals surface area contributed by atoms with Crippen LogP contribution in [0.4, 0.5) is 0 Å². The number of sulfonamides is 1. The van der Waals surface area contributed by atoms with Crippen molar-refractivity contribution in [1.29, 1.82) is 0 Å². The normalized spacial score (nSPS) is 23.4. The lowest BCUT2D eigenvalue weighted by Gasteiger charge is -2.19. The van der Waals surface area contributed by atoms with Crippen molar-refractivity contribution in [2.75, 3.05) is 31.3 Å². The van der Waals surface area contributed by atoms with Gasteiger partial charge in [-0.15, -0.1) is 0 Å². The molecule has 2 aliphatic rings. The van der Waals surface area contributed by atoms with Crippen molar-refractivity contribution in [2.45, 2.75) is 11.3 Å². The minimum absolute atomic E-state index is 0.0384. The second kappa shape index (κ2) is 5.71. The van der Waals surface area contributed by atoms with Crippen LogP contribution in [-0.4, -0.2) is 48.1 Å². The van der Waals surface area contributed by atoms with Gasteiger partial charge in [0.25, 0.3) is 0 Å². The first-order valence-corrected chi connectivity index (χ1v) is 10.3. The molecule has 7 nitrogen and oxygen atoms in total. The Balaban J connectivity index is 1.70. The monoisotopic (exact) mass is 347 g/mol. The molecule has 2 heterocycles. The summed E-state index contributed by atoms with van der Waals surface area (Å²) >= 11 is 0. The number of fused-ring (bicyclic) bond motifs is 1. The molecule has 2 aliphatic heterocycles. The van der Waals surface area contributed by atoms with Gasteiger partial charge in [0.15, 0.2) is 21.3 Å². The van der Waals surface area contributed by atoms with Gasteiger partial charge in [-0.1, -0.05) is 0 Å². The fourth-order valence-corrected chi connectivity index (χ4v) is 5.53. The van der Waals surface area contributed by atoms with Crippen molar-refractivity contribution in [3.8, 4) is 11.5 Å². The van der Waals surface area contributed by atoms with E-state index in [-0.39, 0.29) is 28.9 Å². The first-order valence-electron chi connectivity index (χ1n) is 6.95. The molecule has 0 bridgehead atoms. The summed E-state index contributed by atoms with van der Waals surface area (Å²) in [7, 11) is -6.71. The zero-order valence-electron chi connectivity index (χ0n) is 11.8. The number of sulfone groups is 1. The number of ether oxygens (including phenoxy) is 2. The summed E-state index contributed by atoms with van der Waals surface area (Å²) in [5, 5.41) is 0. The highest BCUT2D eigenvalue weighted by Gasteiger charge is 2.29. The lowest BCUT2D eigenvalue weighted by atomic mass is 10.1. The highest BCUT2D eigenvalue weighted by molar-refractivity contribution is 7.91. The van der Waals surface area contributed by atoms with Crippen molar-refractivity contribution < 1.29 is 26.3 Å². The van der Waals surface area contributed by atoms with Gasteiger partial charge >= 0.3 is 0 Å². The van der Waals surface area contributed by atoms with E-state index in [0.29, 0.717) is 31.1 Å². The average molecular weight is 347 g/mol. The maximum atomic E-state index is 12.3. The van der Waals surface area contributed by atoms with Crippen LogP contribution in [0.15, 0.2) is 23.1 Å². The van der Waals surface area contributed by atoms with E-state index in [1.807, 2.05) is 0 Å². The molecule has 22 heavy (non-hydrogen) atoms. The van der Waals surface area contributed by atoms with E-state index in [1.165, 1.54) is 12.1 Å². The molecule has 0 saturated carbocycles. The Bertz CT molecular complexity index is 772. The maximum absolute atomic E-state index is 12.3. The fourth-order valence-electron chi connectivity index (χ4n) is 2.53. The third-order valence-electron chi connectivity index (χ3n) is 3.71. The molecular formula is C13H17NO6S2. The molecule has 1 fully saturated rings. The van der Waals surface area contributed by atoms with E-state index in [9.17, 15) is 16.8 Å². The quantitative estimate of drug-likeness (QED) is 0.834. The molecule has 1 aromatic rings. The number of nitrogens with one attached hydrogen (secondary N) is 1. The average Bonchev–Trinajstić information content (AvgIpc) is 2.84. The largest absolute Gasteiger partial charge is 0.486 e. The summed E-state index contributed by atoms with van der Waals surface area (Å²) in [6.45, 7) is 0.938. The number of hydrogen-bond acceptors (Lipinski definition) is 6. The van der Waals surface area contributed by atoms with Gasteiger partial charge in [0, 0.05) is 12.6 Å². The van der Waals surface area contributed by atoms with Gasteiger partial charge < -0.3 is 9.47 Å². The Morgan fingerprint density at radius 2 is 1.91 bits per heavy atom. The minimum Gasteiger partial charge on any atom is -0.486 e. The predicted octanol–water partition coefficient (Wildman–Crippen LogP) is 0.171. The molecule has 3 rings (SSSR count). The van der Waals surface area contributed by atoms with Gasteiger partial charge in [0.05, 0.1) is 16.4 Å². The van der Waals surface area contributed by atoms with Gasteiger partial charge in [-0.2, -0.15) is 0 Å². The molecule has 122 valence electrons. The molecule has 0 aliphatic carbocycles. The van der Waals surface area contributed by atoms with E-state index in [4.69, 9.17) is 9.47 Å². The first-order chi connectivity index (χ1) is 10.4. The zero-order chi connectivity index (χ0) is 15.8. The Hall–Kier alpha value is -1.32. The van der Waals surface area contributed by atoms with Crippen LogP contribution < -0.4 is 14.2 Å². The predicted molar refractivity (Wildman–Crippen MR) is 79.4 cm³/mol. The molecular weight excluding hydrogens is 330 g/mol. The molecule has 0 amide bonds. The summed E-state index contributed by atoms with van der Waals surface area (Å²) in [5.74, 6) is 0.918. The van der Waals surface area contributed by atoms with Crippen molar-refractivity contribution in [1.82, 2.24) is 4.72 Å². The van der Waals surface area contributed by atoms with Crippen LogP contribution in [0.3, 0.4) is 0 Å². The Morgan fingerprint density at radius 1 is 1.18 bits per heavy atom. The summed E-state index contributed by atoms with van der Waals surface area (Å²) in [6, 6.07) is 4.42. The molecule has 0 spiro atoms. The third kappa shape index (κ3) is 3.36. The molecule has 0 radical (unpaired) electrons. The van der Waals surface area contributed by atoms with Crippen molar-refractivity contribution in [3.63, 3.8) is 0 Å². The van der Waals surface area contributed by atoms with Crippen LogP contribution >= 0.6 is 0 Å². The summed E-state index contributed by atoms with van der Waals surface area (Å²) in [6.07, 6.45) is 0.492. The second-order valence-corrected chi connectivity index (χ2v) is 9.42. The highest BCUT2D eigenvalue weighted by atomic mass is 32.2. The Morgan fingerprint density at radius 3 is 2.59 bits per heavy atom. The van der Waals surface area contributed by atoms with Crippen molar-refractivity contribution in [3.05, 3.63) is 18.2 Å². The lowest BCUT2D eigenvalue weighted by molar-refractivity contribution is 0.171. The molecule has 9 heteroatoms. The molecule has 0 aromatic heterocycles. The van der Waals surface area contributed by atoms with Gasteiger partial charge in [-0.05, 0) is 24.5 Å². The maximum Gasteiger partial charge on any atom is 0.240 e. The van der Waals surface area contributed by atoms with Crippen LogP contribution in [0.2, 0.25) is 0 Å². The van der Waals surface area contributed by atoms with Crippen LogP contribution in [0.5, 0.6) is 11.5 Å². The zero-order valence-corrected chi connectivity index (χ0v) is 13.5. The second-order valence-electron chi connectivity index (χ2n) is 5.43. The highest BCUT2D eigenvalue weighted by Crippen LogP contribution is 2.32. The summed E-state index contributed by atoms with van der Waals surface area (Å²) in [4.78, 5) is 0.0811. The van der Waals surface area contributed by atoms with Crippen LogP contribution in [0.1, 0.15) is 6.42 Å². The van der Waals surface area contributed by atoms with Gasteiger partial charge in [0.1, 0.15) is 13.2 Å². The van der Waals surface area contributed by atoms with E-state index in [0.717, 1.165) is 0 Å². The Kier molecular flexibility index (Phi) is 4.04. The Labute approximate surface area is 129 Å². The van der Waals surface area contributed by atoms with Gasteiger partial charge in [0.2, 0.25) is 10.0 Å². The van der Waals surface area contributed by atoms with Crippen molar-refractivity contribution in [2.24, 2.45) is 5.92 Å². The standard InChI is InChI=1S/C13H17NO6S2/c15-21(16)6-3-10(9-21)8-14-22(17,18)11-1-2-12-13(7-11)20-5-4-19-12/h1-2,7,10,14H,3-6,8-9H2. The molecule has 1 atom stereocenters. The third-order valence-corrected chi connectivity index (χ3v) is 6.97. The smallest absolute Gasteiger partial charge is 0.240 e. The van der Waals surface area contributed by atoms with E-state index >= 15 is 0 Å². The number of rotatable bonds is 4. The van der Waals surface area contributed by atoms with Crippen LogP contribution in [0.25, 0.3) is 0 Å². The van der Waals surface area contributed by atoms with E-state index in [2.05, 4.69) is 4.72 Å². The van der Waals surface area contributed by atoms with Gasteiger partial charge in [-0.25, -0.2) is 21.6 Å². The molecule has 1 N–H and O–H groups in total. The molecule has 1 aromatic carbocycles.